The van der Waals surface area contributed by atoms with Crippen LogP contribution in [0.2, 0.25) is 0 Å². The van der Waals surface area contributed by atoms with E-state index in [1.807, 2.05) is 0 Å². The fourth-order valence-corrected chi connectivity index (χ4v) is 1.24. The highest BCUT2D eigenvalue weighted by Gasteiger charge is 2.19. The fraction of sp³-hybridized carbons (Fsp3) is 0.500. The number of aromatic nitrogens is 1. The largest absolute Gasteiger partial charge is 0.460 e. The highest BCUT2D eigenvalue weighted by atomic mass is 16.6. The third kappa shape index (κ3) is 4.40. The van der Waals surface area contributed by atoms with Crippen molar-refractivity contribution in [2.24, 2.45) is 0 Å². The Labute approximate surface area is 95.3 Å². The standard InChI is InChI=1S/C12H17NO3/c1-12(2,3)16-11(15)8-10(14)9-4-6-13-7-5-9/h4-7,10,14H,8H2,1-3H3. The van der Waals surface area contributed by atoms with Crippen molar-refractivity contribution in [2.75, 3.05) is 0 Å². The van der Waals surface area contributed by atoms with Crippen molar-refractivity contribution in [3.63, 3.8) is 0 Å². The van der Waals surface area contributed by atoms with Gasteiger partial charge in [-0.2, -0.15) is 0 Å². The predicted octanol–water partition coefficient (Wildman–Crippen LogP) is 1.85. The van der Waals surface area contributed by atoms with Crippen molar-refractivity contribution in [1.82, 2.24) is 4.98 Å². The van der Waals surface area contributed by atoms with Crippen LogP contribution in [0.5, 0.6) is 0 Å². The first-order chi connectivity index (χ1) is 7.38. The minimum Gasteiger partial charge on any atom is -0.460 e. The number of carbonyl (C=O) groups is 1. The summed E-state index contributed by atoms with van der Waals surface area (Å²) in [5, 5.41) is 9.76. The van der Waals surface area contributed by atoms with Crippen LogP contribution in [0.15, 0.2) is 24.5 Å². The number of hydrogen-bond donors (Lipinski definition) is 1. The Hall–Kier alpha value is -1.42. The second kappa shape index (κ2) is 5.07. The molecule has 0 saturated carbocycles. The summed E-state index contributed by atoms with van der Waals surface area (Å²) in [6.07, 6.45) is 2.28. The summed E-state index contributed by atoms with van der Waals surface area (Å²) in [7, 11) is 0. The molecule has 1 aromatic rings. The number of carbonyl (C=O) groups excluding carboxylic acids is 1. The van der Waals surface area contributed by atoms with Gasteiger partial charge in [0.25, 0.3) is 0 Å². The van der Waals surface area contributed by atoms with Gasteiger partial charge >= 0.3 is 5.97 Å². The van der Waals surface area contributed by atoms with Gasteiger partial charge < -0.3 is 9.84 Å². The van der Waals surface area contributed by atoms with Crippen molar-refractivity contribution in [2.45, 2.75) is 38.9 Å². The number of pyridine rings is 1. The Morgan fingerprint density at radius 3 is 2.50 bits per heavy atom. The van der Waals surface area contributed by atoms with E-state index in [4.69, 9.17) is 4.74 Å². The van der Waals surface area contributed by atoms with E-state index in [2.05, 4.69) is 4.98 Å². The molecule has 1 N–H and O–H groups in total. The molecule has 1 rings (SSSR count). The molecule has 1 unspecified atom stereocenters. The van der Waals surface area contributed by atoms with Crippen molar-refractivity contribution in [3.05, 3.63) is 30.1 Å². The molecule has 16 heavy (non-hydrogen) atoms. The number of aliphatic hydroxyl groups excluding tert-OH is 1. The minimum absolute atomic E-state index is 0.0404. The zero-order chi connectivity index (χ0) is 12.2. The van der Waals surface area contributed by atoms with Crippen LogP contribution in [0.3, 0.4) is 0 Å². The highest BCUT2D eigenvalue weighted by Crippen LogP contribution is 2.18. The van der Waals surface area contributed by atoms with Crippen LogP contribution in [0.4, 0.5) is 0 Å². The fourth-order valence-electron chi connectivity index (χ4n) is 1.24. The molecule has 1 aromatic heterocycles. The number of aliphatic hydroxyl groups is 1. The topological polar surface area (TPSA) is 59.4 Å². The van der Waals surface area contributed by atoms with Crippen LogP contribution in [0.25, 0.3) is 0 Å². The van der Waals surface area contributed by atoms with Gasteiger partial charge in [-0.05, 0) is 38.5 Å². The van der Waals surface area contributed by atoms with E-state index in [0.717, 1.165) is 0 Å². The summed E-state index contributed by atoms with van der Waals surface area (Å²) in [5.41, 5.74) is 0.149. The molecule has 0 radical (unpaired) electrons. The van der Waals surface area contributed by atoms with Crippen molar-refractivity contribution < 1.29 is 14.6 Å². The van der Waals surface area contributed by atoms with Gasteiger partial charge in [0.2, 0.25) is 0 Å². The predicted molar refractivity (Wildman–Crippen MR) is 59.7 cm³/mol. The lowest BCUT2D eigenvalue weighted by atomic mass is 10.1. The Bertz CT molecular complexity index is 343. The summed E-state index contributed by atoms with van der Waals surface area (Å²) < 4.78 is 5.12. The molecule has 0 amide bonds. The molecule has 1 heterocycles. The first-order valence-corrected chi connectivity index (χ1v) is 5.18. The maximum atomic E-state index is 11.4. The quantitative estimate of drug-likeness (QED) is 0.794. The van der Waals surface area contributed by atoms with Crippen LogP contribution in [-0.2, 0) is 9.53 Å². The van der Waals surface area contributed by atoms with E-state index in [-0.39, 0.29) is 6.42 Å². The number of hydrogen-bond acceptors (Lipinski definition) is 4. The third-order valence-electron chi connectivity index (χ3n) is 1.87. The molecular formula is C12H17NO3. The van der Waals surface area contributed by atoms with Gasteiger partial charge in [-0.15, -0.1) is 0 Å². The van der Waals surface area contributed by atoms with E-state index < -0.39 is 17.7 Å². The van der Waals surface area contributed by atoms with Crippen LogP contribution < -0.4 is 0 Å². The maximum Gasteiger partial charge on any atom is 0.309 e. The summed E-state index contributed by atoms with van der Waals surface area (Å²) in [6.45, 7) is 5.39. The first-order valence-electron chi connectivity index (χ1n) is 5.18. The smallest absolute Gasteiger partial charge is 0.309 e. The van der Waals surface area contributed by atoms with Crippen LogP contribution >= 0.6 is 0 Å². The van der Waals surface area contributed by atoms with E-state index in [1.165, 1.54) is 0 Å². The summed E-state index contributed by atoms with van der Waals surface area (Å²) in [6, 6.07) is 3.35. The van der Waals surface area contributed by atoms with E-state index in [0.29, 0.717) is 5.56 Å². The molecule has 0 saturated heterocycles. The Balaban J connectivity index is 2.52. The van der Waals surface area contributed by atoms with Crippen molar-refractivity contribution >= 4 is 5.97 Å². The van der Waals surface area contributed by atoms with Gasteiger partial charge in [-0.1, -0.05) is 0 Å². The molecule has 0 spiro atoms. The molecule has 88 valence electrons. The molecular weight excluding hydrogens is 206 g/mol. The molecule has 4 nitrogen and oxygen atoms in total. The lowest BCUT2D eigenvalue weighted by Crippen LogP contribution is -2.24. The number of rotatable bonds is 3. The van der Waals surface area contributed by atoms with Gasteiger partial charge in [-0.3, -0.25) is 9.78 Å². The average molecular weight is 223 g/mol. The van der Waals surface area contributed by atoms with E-state index in [1.54, 1.807) is 45.3 Å². The monoisotopic (exact) mass is 223 g/mol. The molecule has 0 aliphatic heterocycles. The zero-order valence-electron chi connectivity index (χ0n) is 9.80. The summed E-state index contributed by atoms with van der Waals surface area (Å²) in [5.74, 6) is -0.406. The molecule has 0 aliphatic rings. The molecule has 1 atom stereocenters. The van der Waals surface area contributed by atoms with Crippen LogP contribution in [-0.4, -0.2) is 21.7 Å². The average Bonchev–Trinajstić information content (AvgIpc) is 2.16. The Morgan fingerprint density at radius 1 is 1.44 bits per heavy atom. The Morgan fingerprint density at radius 2 is 2.00 bits per heavy atom. The van der Waals surface area contributed by atoms with E-state index in [9.17, 15) is 9.90 Å². The maximum absolute atomic E-state index is 11.4. The van der Waals surface area contributed by atoms with Crippen molar-refractivity contribution in [3.8, 4) is 0 Å². The summed E-state index contributed by atoms with van der Waals surface area (Å²) >= 11 is 0. The molecule has 0 bridgehead atoms. The molecule has 0 fully saturated rings. The van der Waals surface area contributed by atoms with Gasteiger partial charge in [0.15, 0.2) is 0 Å². The lowest BCUT2D eigenvalue weighted by molar-refractivity contribution is -0.157. The summed E-state index contributed by atoms with van der Waals surface area (Å²) in [4.78, 5) is 15.3. The molecule has 4 heteroatoms. The van der Waals surface area contributed by atoms with Crippen LogP contribution in [0, 0.1) is 0 Å². The second-order valence-corrected chi connectivity index (χ2v) is 4.59. The lowest BCUT2D eigenvalue weighted by Gasteiger charge is -2.20. The minimum atomic E-state index is -0.835. The molecule has 0 aliphatic carbocycles. The Kier molecular flexibility index (Phi) is 4.01. The first kappa shape index (κ1) is 12.6. The highest BCUT2D eigenvalue weighted by molar-refractivity contribution is 5.70. The van der Waals surface area contributed by atoms with Gasteiger partial charge in [0.05, 0.1) is 12.5 Å². The second-order valence-electron chi connectivity index (χ2n) is 4.59. The van der Waals surface area contributed by atoms with Gasteiger partial charge in [0, 0.05) is 12.4 Å². The normalized spacial score (nSPS) is 13.2. The van der Waals surface area contributed by atoms with Crippen molar-refractivity contribution in [1.29, 1.82) is 0 Å². The van der Waals surface area contributed by atoms with Gasteiger partial charge in [-0.25, -0.2) is 0 Å². The third-order valence-corrected chi connectivity index (χ3v) is 1.87. The number of esters is 1. The molecule has 0 aromatic carbocycles. The van der Waals surface area contributed by atoms with Crippen LogP contribution in [0.1, 0.15) is 38.9 Å². The van der Waals surface area contributed by atoms with E-state index >= 15 is 0 Å². The zero-order valence-corrected chi connectivity index (χ0v) is 9.80. The SMILES string of the molecule is CC(C)(C)OC(=O)CC(O)c1ccncc1. The number of nitrogens with zero attached hydrogens (tertiary/aromatic N) is 1. The van der Waals surface area contributed by atoms with Gasteiger partial charge in [0.1, 0.15) is 5.60 Å². The number of ether oxygens (including phenoxy) is 1.